The zero-order valence-corrected chi connectivity index (χ0v) is 17.8. The zero-order chi connectivity index (χ0) is 20.3. The summed E-state index contributed by atoms with van der Waals surface area (Å²) in [5, 5.41) is 3.72. The Balaban J connectivity index is 1.90. The van der Waals surface area contributed by atoms with Gasteiger partial charge >= 0.3 is 0 Å². The van der Waals surface area contributed by atoms with Gasteiger partial charge in [0.15, 0.2) is 0 Å². The lowest BCUT2D eigenvalue weighted by molar-refractivity contribution is -0.121. The second kappa shape index (κ2) is 8.78. The number of rotatable bonds is 7. The number of imidazole rings is 1. The molecule has 1 heterocycles. The Hall–Kier alpha value is -2.33. The Kier molecular flexibility index (Phi) is 6.40. The molecule has 2 aromatic carbocycles. The first kappa shape index (κ1) is 20.4. The smallest absolute Gasteiger partial charge is 0.221 e. The Morgan fingerprint density at radius 2 is 1.93 bits per heavy atom. The maximum absolute atomic E-state index is 12.3. The molecule has 4 nitrogen and oxygen atoms in total. The summed E-state index contributed by atoms with van der Waals surface area (Å²) in [5.74, 6) is 1.48. The van der Waals surface area contributed by atoms with Gasteiger partial charge in [-0.1, -0.05) is 37.6 Å². The van der Waals surface area contributed by atoms with E-state index in [2.05, 4.69) is 55.8 Å². The lowest BCUT2D eigenvalue weighted by Gasteiger charge is -2.12. The summed E-state index contributed by atoms with van der Waals surface area (Å²) < 4.78 is 2.18. The predicted molar refractivity (Wildman–Crippen MR) is 116 cm³/mol. The SMILES string of the molecule is Cc1cc2nc(Cc3cccc(Cl)c3)n(CCC(=O)NCC(C)C)c2cc1C. The highest BCUT2D eigenvalue weighted by Crippen LogP contribution is 2.23. The molecule has 0 unspecified atom stereocenters. The van der Waals surface area contributed by atoms with Crippen LogP contribution in [0.3, 0.4) is 0 Å². The van der Waals surface area contributed by atoms with Gasteiger partial charge in [-0.2, -0.15) is 0 Å². The summed E-state index contributed by atoms with van der Waals surface area (Å²) in [6.07, 6.45) is 1.12. The van der Waals surface area contributed by atoms with Crippen LogP contribution < -0.4 is 5.32 Å². The number of hydrogen-bond acceptors (Lipinski definition) is 2. The molecule has 1 aromatic heterocycles. The fraction of sp³-hybridized carbons (Fsp3) is 0.391. The molecule has 148 valence electrons. The highest BCUT2D eigenvalue weighted by molar-refractivity contribution is 6.30. The number of nitrogens with zero attached hydrogens (tertiary/aromatic N) is 2. The average Bonchev–Trinajstić information content (AvgIpc) is 2.94. The maximum atomic E-state index is 12.3. The third kappa shape index (κ3) is 4.93. The van der Waals surface area contributed by atoms with Crippen LogP contribution in [0.15, 0.2) is 36.4 Å². The second-order valence-electron chi connectivity index (χ2n) is 7.86. The van der Waals surface area contributed by atoms with Crippen LogP contribution in [0.2, 0.25) is 5.02 Å². The number of carbonyl (C=O) groups excluding carboxylic acids is 1. The van der Waals surface area contributed by atoms with Gasteiger partial charge in [0, 0.05) is 31.0 Å². The molecule has 0 fully saturated rings. The minimum Gasteiger partial charge on any atom is -0.356 e. The van der Waals surface area contributed by atoms with Gasteiger partial charge in [-0.3, -0.25) is 4.79 Å². The molecule has 3 rings (SSSR count). The molecule has 0 saturated heterocycles. The maximum Gasteiger partial charge on any atom is 0.221 e. The monoisotopic (exact) mass is 397 g/mol. The third-order valence-corrected chi connectivity index (χ3v) is 5.20. The van der Waals surface area contributed by atoms with E-state index in [0.717, 1.165) is 27.4 Å². The molecule has 3 aromatic rings. The van der Waals surface area contributed by atoms with Crippen LogP contribution in [-0.2, 0) is 17.8 Å². The van der Waals surface area contributed by atoms with Crippen LogP contribution in [0.5, 0.6) is 0 Å². The molecule has 0 saturated carbocycles. The minimum atomic E-state index is 0.0769. The Bertz CT molecular complexity index is 991. The number of carbonyl (C=O) groups is 1. The summed E-state index contributed by atoms with van der Waals surface area (Å²) >= 11 is 6.15. The van der Waals surface area contributed by atoms with Gasteiger partial charge in [-0.15, -0.1) is 0 Å². The van der Waals surface area contributed by atoms with Gasteiger partial charge < -0.3 is 9.88 Å². The molecule has 5 heteroatoms. The van der Waals surface area contributed by atoms with Crippen molar-refractivity contribution in [2.45, 2.75) is 47.1 Å². The average molecular weight is 398 g/mol. The lowest BCUT2D eigenvalue weighted by Crippen LogP contribution is -2.28. The molecule has 1 amide bonds. The standard InChI is InChI=1S/C23H28ClN3O/c1-15(2)14-25-23(28)8-9-27-21-11-17(4)16(3)10-20(21)26-22(27)13-18-6-5-7-19(24)12-18/h5-7,10-12,15H,8-9,13-14H2,1-4H3,(H,25,28). The first-order chi connectivity index (χ1) is 13.3. The quantitative estimate of drug-likeness (QED) is 0.605. The largest absolute Gasteiger partial charge is 0.356 e. The molecule has 0 bridgehead atoms. The normalized spacial score (nSPS) is 11.4. The van der Waals surface area contributed by atoms with E-state index in [4.69, 9.17) is 16.6 Å². The summed E-state index contributed by atoms with van der Waals surface area (Å²) in [6.45, 7) is 9.72. The van der Waals surface area contributed by atoms with Crippen LogP contribution in [0, 0.1) is 19.8 Å². The third-order valence-electron chi connectivity index (χ3n) is 4.96. The van der Waals surface area contributed by atoms with Gasteiger partial charge in [-0.05, 0) is 60.7 Å². The lowest BCUT2D eigenvalue weighted by atomic mass is 10.1. The molecular formula is C23H28ClN3O. The van der Waals surface area contributed by atoms with Gasteiger partial charge in [0.25, 0.3) is 0 Å². The van der Waals surface area contributed by atoms with E-state index in [1.54, 1.807) is 0 Å². The van der Waals surface area contributed by atoms with Crippen LogP contribution in [-0.4, -0.2) is 22.0 Å². The van der Waals surface area contributed by atoms with Crippen molar-refractivity contribution in [1.82, 2.24) is 14.9 Å². The van der Waals surface area contributed by atoms with E-state index in [1.807, 2.05) is 18.2 Å². The van der Waals surface area contributed by atoms with Crippen molar-refractivity contribution < 1.29 is 4.79 Å². The molecule has 0 atom stereocenters. The van der Waals surface area contributed by atoms with Gasteiger partial charge in [0.2, 0.25) is 5.91 Å². The number of hydrogen-bond donors (Lipinski definition) is 1. The van der Waals surface area contributed by atoms with E-state index in [-0.39, 0.29) is 5.91 Å². The highest BCUT2D eigenvalue weighted by Gasteiger charge is 2.14. The van der Waals surface area contributed by atoms with Crippen molar-refractivity contribution in [2.75, 3.05) is 6.54 Å². The number of fused-ring (bicyclic) bond motifs is 1. The molecule has 0 spiro atoms. The fourth-order valence-corrected chi connectivity index (χ4v) is 3.48. The van der Waals surface area contributed by atoms with Crippen molar-refractivity contribution in [2.24, 2.45) is 5.92 Å². The number of amides is 1. The van der Waals surface area contributed by atoms with Crippen molar-refractivity contribution in [3.8, 4) is 0 Å². The minimum absolute atomic E-state index is 0.0769. The van der Waals surface area contributed by atoms with Crippen LogP contribution in [0.1, 0.15) is 42.8 Å². The van der Waals surface area contributed by atoms with E-state index in [1.165, 1.54) is 11.1 Å². The molecule has 0 aliphatic carbocycles. The van der Waals surface area contributed by atoms with Crippen molar-refractivity contribution in [1.29, 1.82) is 0 Å². The van der Waals surface area contributed by atoms with Crippen molar-refractivity contribution >= 4 is 28.5 Å². The Morgan fingerprint density at radius 3 is 2.64 bits per heavy atom. The zero-order valence-electron chi connectivity index (χ0n) is 17.1. The van der Waals surface area contributed by atoms with Crippen LogP contribution >= 0.6 is 11.6 Å². The molecular weight excluding hydrogens is 370 g/mol. The second-order valence-corrected chi connectivity index (χ2v) is 8.30. The van der Waals surface area contributed by atoms with Crippen molar-refractivity contribution in [3.63, 3.8) is 0 Å². The van der Waals surface area contributed by atoms with Crippen LogP contribution in [0.25, 0.3) is 11.0 Å². The molecule has 0 aliphatic heterocycles. The van der Waals surface area contributed by atoms with E-state index in [9.17, 15) is 4.79 Å². The highest BCUT2D eigenvalue weighted by atomic mass is 35.5. The molecule has 0 aliphatic rings. The molecule has 1 N–H and O–H groups in total. The number of aryl methyl sites for hydroxylation is 3. The number of aromatic nitrogens is 2. The van der Waals surface area contributed by atoms with Gasteiger partial charge in [-0.25, -0.2) is 4.98 Å². The molecule has 28 heavy (non-hydrogen) atoms. The summed E-state index contributed by atoms with van der Waals surface area (Å²) in [5.41, 5.74) is 5.62. The predicted octanol–water partition coefficient (Wildman–Crippen LogP) is 5.06. The molecule has 0 radical (unpaired) electrons. The fourth-order valence-electron chi connectivity index (χ4n) is 3.26. The number of halogens is 1. The topological polar surface area (TPSA) is 46.9 Å². The number of nitrogens with one attached hydrogen (secondary N) is 1. The Morgan fingerprint density at radius 1 is 1.18 bits per heavy atom. The first-order valence-electron chi connectivity index (χ1n) is 9.81. The summed E-state index contributed by atoms with van der Waals surface area (Å²) in [4.78, 5) is 17.1. The summed E-state index contributed by atoms with van der Waals surface area (Å²) in [6, 6.07) is 12.2. The number of benzene rings is 2. The van der Waals surface area contributed by atoms with Gasteiger partial charge in [0.1, 0.15) is 5.82 Å². The van der Waals surface area contributed by atoms with E-state index in [0.29, 0.717) is 31.8 Å². The van der Waals surface area contributed by atoms with E-state index < -0.39 is 0 Å². The van der Waals surface area contributed by atoms with Gasteiger partial charge in [0.05, 0.1) is 11.0 Å². The summed E-state index contributed by atoms with van der Waals surface area (Å²) in [7, 11) is 0. The van der Waals surface area contributed by atoms with Crippen molar-refractivity contribution in [3.05, 3.63) is 63.9 Å². The first-order valence-corrected chi connectivity index (χ1v) is 10.2. The Labute approximate surface area is 171 Å². The van der Waals surface area contributed by atoms with E-state index >= 15 is 0 Å². The van der Waals surface area contributed by atoms with Crippen LogP contribution in [0.4, 0.5) is 0 Å².